The fourth-order valence-electron chi connectivity index (χ4n) is 2.05. The van der Waals surface area contributed by atoms with Gasteiger partial charge in [0.15, 0.2) is 6.10 Å². The van der Waals surface area contributed by atoms with Crippen LogP contribution in [0.2, 0.25) is 0 Å². The third-order valence-electron chi connectivity index (χ3n) is 3.22. The van der Waals surface area contributed by atoms with E-state index in [9.17, 15) is 14.0 Å². The number of amides is 1. The average Bonchev–Trinajstić information content (AvgIpc) is 2.55. The molecule has 0 aliphatic carbocycles. The molecule has 0 saturated carbocycles. The molecule has 0 aromatic heterocycles. The molecule has 6 heteroatoms. The number of carbonyl (C=O) groups excluding carboxylic acids is 2. The predicted octanol–water partition coefficient (Wildman–Crippen LogP) is 3.16. The molecule has 2 aromatic rings. The Labute approximate surface area is 139 Å². The monoisotopic (exact) mass is 331 g/mol. The molecule has 0 aliphatic heterocycles. The Morgan fingerprint density at radius 2 is 1.92 bits per heavy atom. The predicted molar refractivity (Wildman–Crippen MR) is 87.1 cm³/mol. The first kappa shape index (κ1) is 17.6. The van der Waals surface area contributed by atoms with Crippen molar-refractivity contribution in [2.24, 2.45) is 0 Å². The Balaban J connectivity index is 1.97. The molecule has 0 spiro atoms. The third-order valence-corrected chi connectivity index (χ3v) is 3.22. The number of hydrogen-bond donors (Lipinski definition) is 1. The van der Waals surface area contributed by atoms with Crippen molar-refractivity contribution in [1.29, 1.82) is 0 Å². The number of hydrogen-bond acceptors (Lipinski definition) is 4. The molecule has 5 nitrogen and oxygen atoms in total. The SMILES string of the molecule is COCc1cccc(C(=O)O[C@@H](C)C(=O)Nc2cccc(F)c2)c1. The van der Waals surface area contributed by atoms with E-state index in [0.717, 1.165) is 5.56 Å². The number of benzene rings is 2. The van der Waals surface area contributed by atoms with E-state index in [1.54, 1.807) is 31.4 Å². The minimum atomic E-state index is -1.02. The van der Waals surface area contributed by atoms with Crippen molar-refractivity contribution in [3.63, 3.8) is 0 Å². The molecule has 1 atom stereocenters. The largest absolute Gasteiger partial charge is 0.449 e. The lowest BCUT2D eigenvalue weighted by Gasteiger charge is -2.14. The lowest BCUT2D eigenvalue weighted by atomic mass is 10.1. The number of ether oxygens (including phenoxy) is 2. The summed E-state index contributed by atoms with van der Waals surface area (Å²) in [6, 6.07) is 12.2. The zero-order valence-electron chi connectivity index (χ0n) is 13.4. The second kappa shape index (κ2) is 8.21. The Morgan fingerprint density at radius 1 is 1.17 bits per heavy atom. The van der Waals surface area contributed by atoms with Crippen LogP contribution in [0, 0.1) is 5.82 Å². The molecule has 126 valence electrons. The fourth-order valence-corrected chi connectivity index (χ4v) is 2.05. The number of carbonyl (C=O) groups is 2. The van der Waals surface area contributed by atoms with E-state index in [1.165, 1.54) is 25.1 Å². The van der Waals surface area contributed by atoms with Crippen molar-refractivity contribution in [1.82, 2.24) is 0 Å². The number of rotatable bonds is 6. The van der Waals surface area contributed by atoms with Gasteiger partial charge in [-0.05, 0) is 42.8 Å². The van der Waals surface area contributed by atoms with Gasteiger partial charge in [-0.1, -0.05) is 18.2 Å². The molecule has 0 bridgehead atoms. The minimum absolute atomic E-state index is 0.296. The molecular formula is C18H18FNO4. The van der Waals surface area contributed by atoms with Crippen LogP contribution in [-0.4, -0.2) is 25.1 Å². The van der Waals surface area contributed by atoms with Gasteiger partial charge in [0.05, 0.1) is 12.2 Å². The molecule has 2 rings (SSSR count). The summed E-state index contributed by atoms with van der Waals surface area (Å²) in [5.74, 6) is -1.62. The van der Waals surface area contributed by atoms with Crippen LogP contribution in [0.3, 0.4) is 0 Å². The lowest BCUT2D eigenvalue weighted by Crippen LogP contribution is -2.30. The van der Waals surface area contributed by atoms with Crippen molar-refractivity contribution in [2.75, 3.05) is 12.4 Å². The Bertz CT molecular complexity index is 732. The quantitative estimate of drug-likeness (QED) is 0.826. The van der Waals surface area contributed by atoms with E-state index in [1.807, 2.05) is 6.07 Å². The van der Waals surface area contributed by atoms with Crippen LogP contribution in [0.5, 0.6) is 0 Å². The first-order valence-corrected chi connectivity index (χ1v) is 7.35. The summed E-state index contributed by atoms with van der Waals surface area (Å²) in [6.45, 7) is 1.82. The Hall–Kier alpha value is -2.73. The fraction of sp³-hybridized carbons (Fsp3) is 0.222. The molecule has 1 amide bonds. The maximum absolute atomic E-state index is 13.1. The molecule has 1 N–H and O–H groups in total. The van der Waals surface area contributed by atoms with Gasteiger partial charge in [0, 0.05) is 12.8 Å². The summed E-state index contributed by atoms with van der Waals surface area (Å²) in [5.41, 5.74) is 1.45. The highest BCUT2D eigenvalue weighted by Crippen LogP contribution is 2.12. The van der Waals surface area contributed by atoms with Gasteiger partial charge in [-0.15, -0.1) is 0 Å². The molecule has 0 heterocycles. The van der Waals surface area contributed by atoms with Gasteiger partial charge >= 0.3 is 5.97 Å². The van der Waals surface area contributed by atoms with Crippen LogP contribution >= 0.6 is 0 Å². The Morgan fingerprint density at radius 3 is 2.62 bits per heavy atom. The van der Waals surface area contributed by atoms with E-state index >= 15 is 0 Å². The van der Waals surface area contributed by atoms with Crippen LogP contribution in [0.1, 0.15) is 22.8 Å². The van der Waals surface area contributed by atoms with Gasteiger partial charge in [0.2, 0.25) is 0 Å². The second-order valence-electron chi connectivity index (χ2n) is 5.18. The average molecular weight is 331 g/mol. The van der Waals surface area contributed by atoms with Gasteiger partial charge in [-0.3, -0.25) is 4.79 Å². The van der Waals surface area contributed by atoms with Crippen molar-refractivity contribution >= 4 is 17.6 Å². The van der Waals surface area contributed by atoms with Crippen LogP contribution < -0.4 is 5.32 Å². The molecule has 24 heavy (non-hydrogen) atoms. The smallest absolute Gasteiger partial charge is 0.338 e. The number of halogens is 1. The molecule has 0 unspecified atom stereocenters. The van der Waals surface area contributed by atoms with E-state index in [0.29, 0.717) is 17.9 Å². The van der Waals surface area contributed by atoms with Gasteiger partial charge in [0.1, 0.15) is 5.82 Å². The first-order chi connectivity index (χ1) is 11.5. The van der Waals surface area contributed by atoms with Gasteiger partial charge < -0.3 is 14.8 Å². The maximum atomic E-state index is 13.1. The van der Waals surface area contributed by atoms with E-state index in [4.69, 9.17) is 9.47 Å². The molecular weight excluding hydrogens is 313 g/mol. The normalized spacial score (nSPS) is 11.6. The molecule has 0 aliphatic rings. The summed E-state index contributed by atoms with van der Waals surface area (Å²) in [5, 5.41) is 2.49. The number of esters is 1. The number of methoxy groups -OCH3 is 1. The van der Waals surface area contributed by atoms with Crippen molar-refractivity contribution in [3.05, 3.63) is 65.5 Å². The minimum Gasteiger partial charge on any atom is -0.449 e. The molecule has 2 aromatic carbocycles. The summed E-state index contributed by atoms with van der Waals surface area (Å²) in [4.78, 5) is 24.1. The molecule has 0 saturated heterocycles. The standard InChI is InChI=1S/C18H18FNO4/c1-12(17(21)20-16-8-4-7-15(19)10-16)24-18(22)14-6-3-5-13(9-14)11-23-2/h3-10,12H,11H2,1-2H3,(H,20,21)/t12-/m0/s1. The van der Waals surface area contributed by atoms with Crippen LogP contribution in [-0.2, 0) is 20.9 Å². The van der Waals surface area contributed by atoms with Gasteiger partial charge in [0.25, 0.3) is 5.91 Å². The molecule has 0 radical (unpaired) electrons. The van der Waals surface area contributed by atoms with E-state index in [-0.39, 0.29) is 0 Å². The number of nitrogens with one attached hydrogen (secondary N) is 1. The van der Waals surface area contributed by atoms with Crippen LogP contribution in [0.25, 0.3) is 0 Å². The second-order valence-corrected chi connectivity index (χ2v) is 5.18. The van der Waals surface area contributed by atoms with E-state index in [2.05, 4.69) is 5.32 Å². The van der Waals surface area contributed by atoms with Crippen molar-refractivity contribution in [3.8, 4) is 0 Å². The number of anilines is 1. The zero-order valence-corrected chi connectivity index (χ0v) is 13.4. The highest BCUT2D eigenvalue weighted by atomic mass is 19.1. The summed E-state index contributed by atoms with van der Waals surface area (Å²) >= 11 is 0. The molecule has 0 fully saturated rings. The highest BCUT2D eigenvalue weighted by Gasteiger charge is 2.19. The lowest BCUT2D eigenvalue weighted by molar-refractivity contribution is -0.123. The summed E-state index contributed by atoms with van der Waals surface area (Å²) in [6.07, 6.45) is -1.02. The van der Waals surface area contributed by atoms with Gasteiger partial charge in [-0.25, -0.2) is 9.18 Å². The Kier molecular flexibility index (Phi) is 6.03. The zero-order chi connectivity index (χ0) is 17.5. The third kappa shape index (κ3) is 4.89. The van der Waals surface area contributed by atoms with E-state index < -0.39 is 23.8 Å². The topological polar surface area (TPSA) is 64.6 Å². The summed E-state index contributed by atoms with van der Waals surface area (Å²) in [7, 11) is 1.56. The highest BCUT2D eigenvalue weighted by molar-refractivity contribution is 5.97. The van der Waals surface area contributed by atoms with Crippen LogP contribution in [0.4, 0.5) is 10.1 Å². The van der Waals surface area contributed by atoms with Gasteiger partial charge in [-0.2, -0.15) is 0 Å². The van der Waals surface area contributed by atoms with Crippen molar-refractivity contribution in [2.45, 2.75) is 19.6 Å². The summed E-state index contributed by atoms with van der Waals surface area (Å²) < 4.78 is 23.3. The first-order valence-electron chi connectivity index (χ1n) is 7.35. The maximum Gasteiger partial charge on any atom is 0.338 e. The van der Waals surface area contributed by atoms with Crippen molar-refractivity contribution < 1.29 is 23.5 Å². The van der Waals surface area contributed by atoms with Crippen LogP contribution in [0.15, 0.2) is 48.5 Å².